The van der Waals surface area contributed by atoms with E-state index < -0.39 is 0 Å². The second-order valence-electron chi connectivity index (χ2n) is 4.24. The molecule has 1 aliphatic heterocycles. The van der Waals surface area contributed by atoms with Gasteiger partial charge in [-0.25, -0.2) is 4.98 Å². The molecule has 0 atom stereocenters. The number of hydrogen-bond acceptors (Lipinski definition) is 6. The summed E-state index contributed by atoms with van der Waals surface area (Å²) in [6.45, 7) is 2.56. The molecule has 20 heavy (non-hydrogen) atoms. The first kappa shape index (κ1) is 12.9. The lowest BCUT2D eigenvalue weighted by atomic mass is 10.2. The first-order valence-electron chi connectivity index (χ1n) is 6.25. The Balaban J connectivity index is 1.78. The van der Waals surface area contributed by atoms with Crippen LogP contribution in [0.2, 0.25) is 0 Å². The Hall–Kier alpha value is -2.08. The minimum absolute atomic E-state index is 0.170. The van der Waals surface area contributed by atoms with Gasteiger partial charge in [-0.1, -0.05) is 6.92 Å². The molecule has 1 aliphatic rings. The molecule has 1 aromatic heterocycles. The fraction of sp³-hybridized carbons (Fsp3) is 0.286. The topological polar surface area (TPSA) is 57.7 Å². The maximum absolute atomic E-state index is 11.1. The summed E-state index contributed by atoms with van der Waals surface area (Å²) >= 11 is 1.61. The van der Waals surface area contributed by atoms with Gasteiger partial charge in [0, 0.05) is 11.4 Å². The maximum atomic E-state index is 11.1. The van der Waals surface area contributed by atoms with E-state index in [0.717, 1.165) is 23.4 Å². The molecule has 2 aromatic rings. The number of rotatable bonds is 5. The summed E-state index contributed by atoms with van der Waals surface area (Å²) in [6.07, 6.45) is 1.66. The molecule has 0 aliphatic carbocycles. The largest absolute Gasteiger partial charge is 0.486 e. The van der Waals surface area contributed by atoms with Crippen LogP contribution in [0.25, 0.3) is 0 Å². The molecule has 0 saturated heterocycles. The highest BCUT2D eigenvalue weighted by Crippen LogP contribution is 2.37. The molecule has 0 unspecified atom stereocenters. The van der Waals surface area contributed by atoms with Crippen LogP contribution in [0.15, 0.2) is 17.5 Å². The molecule has 0 N–H and O–H groups in total. The van der Waals surface area contributed by atoms with Crippen molar-refractivity contribution >= 4 is 17.6 Å². The highest BCUT2D eigenvalue weighted by Gasteiger charge is 2.18. The van der Waals surface area contributed by atoms with E-state index in [4.69, 9.17) is 14.2 Å². The number of carbonyl (C=O) groups excluding carboxylic acids is 1. The van der Waals surface area contributed by atoms with Crippen LogP contribution in [-0.4, -0.2) is 18.1 Å². The van der Waals surface area contributed by atoms with Crippen LogP contribution in [0.1, 0.15) is 28.0 Å². The minimum Gasteiger partial charge on any atom is -0.486 e. The first-order valence-corrected chi connectivity index (χ1v) is 7.13. The summed E-state index contributed by atoms with van der Waals surface area (Å²) < 4.78 is 16.2. The molecule has 0 radical (unpaired) electrons. The maximum Gasteiger partial charge on any atom is 0.231 e. The second kappa shape index (κ2) is 5.50. The van der Waals surface area contributed by atoms with Gasteiger partial charge in [0.05, 0.1) is 16.3 Å². The SMILES string of the molecule is CCc1nc(COc2cc3c(cc2C=O)OCO3)cs1. The highest BCUT2D eigenvalue weighted by molar-refractivity contribution is 7.09. The van der Waals surface area contributed by atoms with Crippen LogP contribution >= 0.6 is 11.3 Å². The van der Waals surface area contributed by atoms with E-state index in [1.807, 2.05) is 5.38 Å². The van der Waals surface area contributed by atoms with E-state index in [9.17, 15) is 4.79 Å². The van der Waals surface area contributed by atoms with Gasteiger partial charge in [0.25, 0.3) is 0 Å². The normalized spacial score (nSPS) is 12.4. The van der Waals surface area contributed by atoms with Crippen molar-refractivity contribution in [3.05, 3.63) is 33.8 Å². The van der Waals surface area contributed by atoms with Crippen molar-refractivity contribution in [2.75, 3.05) is 6.79 Å². The molecule has 0 saturated carbocycles. The Labute approximate surface area is 120 Å². The smallest absolute Gasteiger partial charge is 0.231 e. The van der Waals surface area contributed by atoms with Crippen molar-refractivity contribution in [3.8, 4) is 17.2 Å². The molecule has 104 valence electrons. The minimum atomic E-state index is 0.170. The van der Waals surface area contributed by atoms with Gasteiger partial charge in [-0.15, -0.1) is 11.3 Å². The number of aromatic nitrogens is 1. The monoisotopic (exact) mass is 291 g/mol. The number of thiazole rings is 1. The molecule has 5 nitrogen and oxygen atoms in total. The van der Waals surface area contributed by atoms with Gasteiger partial charge in [0.2, 0.25) is 6.79 Å². The Bertz CT molecular complexity index is 638. The third-order valence-corrected chi connectivity index (χ3v) is 3.95. The quantitative estimate of drug-likeness (QED) is 0.793. The third-order valence-electron chi connectivity index (χ3n) is 2.91. The Morgan fingerprint density at radius 2 is 2.20 bits per heavy atom. The van der Waals surface area contributed by atoms with Gasteiger partial charge >= 0.3 is 0 Å². The van der Waals surface area contributed by atoms with E-state index in [2.05, 4.69) is 11.9 Å². The number of hydrogen-bond donors (Lipinski definition) is 0. The number of benzene rings is 1. The van der Waals surface area contributed by atoms with Crippen LogP contribution in [0.4, 0.5) is 0 Å². The van der Waals surface area contributed by atoms with Crippen molar-refractivity contribution in [2.45, 2.75) is 20.0 Å². The van der Waals surface area contributed by atoms with Gasteiger partial charge in [0.1, 0.15) is 12.4 Å². The molecule has 6 heteroatoms. The van der Waals surface area contributed by atoms with E-state index in [-0.39, 0.29) is 6.79 Å². The van der Waals surface area contributed by atoms with Crippen molar-refractivity contribution in [2.24, 2.45) is 0 Å². The van der Waals surface area contributed by atoms with Gasteiger partial charge in [-0.3, -0.25) is 4.79 Å². The average molecular weight is 291 g/mol. The van der Waals surface area contributed by atoms with Crippen molar-refractivity contribution in [1.82, 2.24) is 4.98 Å². The van der Waals surface area contributed by atoms with E-state index in [1.165, 1.54) is 0 Å². The molecule has 0 fully saturated rings. The van der Waals surface area contributed by atoms with E-state index >= 15 is 0 Å². The van der Waals surface area contributed by atoms with Crippen LogP contribution in [0.3, 0.4) is 0 Å². The number of aryl methyl sites for hydroxylation is 1. The molecule has 3 rings (SSSR count). The van der Waals surface area contributed by atoms with E-state index in [0.29, 0.717) is 29.4 Å². The molecule has 0 amide bonds. The number of fused-ring (bicyclic) bond motifs is 1. The Morgan fingerprint density at radius 3 is 2.90 bits per heavy atom. The predicted octanol–water partition coefficient (Wildman–Crippen LogP) is 2.83. The summed E-state index contributed by atoms with van der Waals surface area (Å²) in [5.74, 6) is 1.65. The number of aldehydes is 1. The zero-order valence-electron chi connectivity index (χ0n) is 10.9. The number of carbonyl (C=O) groups is 1. The summed E-state index contributed by atoms with van der Waals surface area (Å²) in [5.41, 5.74) is 1.31. The highest BCUT2D eigenvalue weighted by atomic mass is 32.1. The average Bonchev–Trinajstić information content (AvgIpc) is 3.12. The van der Waals surface area contributed by atoms with Gasteiger partial charge in [0.15, 0.2) is 17.8 Å². The lowest BCUT2D eigenvalue weighted by Crippen LogP contribution is -1.99. The zero-order chi connectivity index (χ0) is 13.9. The lowest BCUT2D eigenvalue weighted by Gasteiger charge is -2.08. The van der Waals surface area contributed by atoms with Gasteiger partial charge < -0.3 is 14.2 Å². The first-order chi connectivity index (χ1) is 9.80. The van der Waals surface area contributed by atoms with Crippen LogP contribution in [-0.2, 0) is 13.0 Å². The fourth-order valence-corrected chi connectivity index (χ4v) is 2.61. The molecular weight excluding hydrogens is 278 g/mol. The fourth-order valence-electron chi connectivity index (χ4n) is 1.89. The predicted molar refractivity (Wildman–Crippen MR) is 73.8 cm³/mol. The molecule has 0 spiro atoms. The lowest BCUT2D eigenvalue weighted by molar-refractivity contribution is 0.111. The molecule has 2 heterocycles. The number of ether oxygens (including phenoxy) is 3. The Kier molecular flexibility index (Phi) is 3.56. The summed E-state index contributed by atoms with van der Waals surface area (Å²) in [5, 5.41) is 3.04. The van der Waals surface area contributed by atoms with E-state index in [1.54, 1.807) is 23.5 Å². The Morgan fingerprint density at radius 1 is 1.40 bits per heavy atom. The molecular formula is C14H13NO4S. The van der Waals surface area contributed by atoms with Crippen molar-refractivity contribution in [3.63, 3.8) is 0 Å². The van der Waals surface area contributed by atoms with Crippen LogP contribution < -0.4 is 14.2 Å². The number of nitrogens with zero attached hydrogens (tertiary/aromatic N) is 1. The summed E-state index contributed by atoms with van der Waals surface area (Å²) in [6, 6.07) is 3.31. The van der Waals surface area contributed by atoms with Crippen LogP contribution in [0, 0.1) is 0 Å². The van der Waals surface area contributed by atoms with Gasteiger partial charge in [-0.2, -0.15) is 0 Å². The summed E-state index contributed by atoms with van der Waals surface area (Å²) in [4.78, 5) is 15.5. The van der Waals surface area contributed by atoms with Crippen LogP contribution in [0.5, 0.6) is 17.2 Å². The summed E-state index contributed by atoms with van der Waals surface area (Å²) in [7, 11) is 0. The molecule has 1 aromatic carbocycles. The van der Waals surface area contributed by atoms with Crippen molar-refractivity contribution < 1.29 is 19.0 Å². The van der Waals surface area contributed by atoms with Gasteiger partial charge in [-0.05, 0) is 12.5 Å². The van der Waals surface area contributed by atoms with Crippen molar-refractivity contribution in [1.29, 1.82) is 0 Å². The molecule has 0 bridgehead atoms. The second-order valence-corrected chi connectivity index (χ2v) is 5.18. The standard InChI is InChI=1S/C14H13NO4S/c1-2-14-15-10(7-20-14)6-17-11-4-13-12(18-8-19-13)3-9(11)5-16/h3-5,7H,2,6,8H2,1H3. The third kappa shape index (κ3) is 2.46. The zero-order valence-corrected chi connectivity index (χ0v) is 11.7.